The van der Waals surface area contributed by atoms with Gasteiger partial charge in [0.2, 0.25) is 11.8 Å². The highest BCUT2D eigenvalue weighted by Gasteiger charge is 2.30. The fraction of sp³-hybridized carbons (Fsp3) is 0.621. The van der Waals surface area contributed by atoms with E-state index in [9.17, 15) is 14.4 Å². The Kier molecular flexibility index (Phi) is 11.7. The van der Waals surface area contributed by atoms with Crippen LogP contribution in [0.15, 0.2) is 34.7 Å². The molecule has 0 saturated heterocycles. The lowest BCUT2D eigenvalue weighted by Gasteiger charge is -2.25. The number of alkyl carbamates (subject to hydrolysis) is 2. The van der Waals surface area contributed by atoms with Gasteiger partial charge >= 0.3 is 18.2 Å². The first kappa shape index (κ1) is 33.5. The van der Waals surface area contributed by atoms with Crippen molar-refractivity contribution in [3.63, 3.8) is 0 Å². The maximum absolute atomic E-state index is 12.7. The summed E-state index contributed by atoms with van der Waals surface area (Å²) in [5, 5.41) is 13.6. The molecule has 0 aliphatic carbocycles. The van der Waals surface area contributed by atoms with Gasteiger partial charge < -0.3 is 34.0 Å². The Morgan fingerprint density at radius 3 is 1.90 bits per heavy atom. The first-order valence-electron chi connectivity index (χ1n) is 13.6. The Hall–Kier alpha value is -3.67. The van der Waals surface area contributed by atoms with Gasteiger partial charge in [0.25, 0.3) is 0 Å². The molecule has 41 heavy (non-hydrogen) atoms. The number of rotatable bonds is 11. The Morgan fingerprint density at radius 2 is 1.34 bits per heavy atom. The zero-order valence-electron chi connectivity index (χ0n) is 25.5. The van der Waals surface area contributed by atoms with Crippen LogP contribution in [0.1, 0.15) is 105 Å². The lowest BCUT2D eigenvalue weighted by molar-refractivity contribution is -0.155. The highest BCUT2D eigenvalue weighted by Crippen LogP contribution is 2.23. The Labute approximate surface area is 241 Å². The Balaban J connectivity index is 2.23. The van der Waals surface area contributed by atoms with Gasteiger partial charge in [-0.25, -0.2) is 9.59 Å². The average molecular weight is 577 g/mol. The molecular formula is C29H44N4O8. The van der Waals surface area contributed by atoms with E-state index in [1.165, 1.54) is 0 Å². The van der Waals surface area contributed by atoms with Crippen LogP contribution in [0, 0.1) is 0 Å². The molecule has 0 saturated carbocycles. The first-order chi connectivity index (χ1) is 18.9. The zero-order chi connectivity index (χ0) is 30.8. The van der Waals surface area contributed by atoms with E-state index in [-0.39, 0.29) is 37.8 Å². The van der Waals surface area contributed by atoms with Gasteiger partial charge in [0.05, 0.1) is 12.2 Å². The third kappa shape index (κ3) is 14.0. The number of carbonyl (C=O) groups excluding carboxylic acids is 3. The summed E-state index contributed by atoms with van der Waals surface area (Å²) < 4.78 is 27.9. The molecule has 1 aromatic heterocycles. The van der Waals surface area contributed by atoms with Crippen LogP contribution in [0.3, 0.4) is 0 Å². The van der Waals surface area contributed by atoms with E-state index in [0.717, 1.165) is 5.56 Å². The third-order valence-electron chi connectivity index (χ3n) is 4.99. The molecule has 0 spiro atoms. The second kappa shape index (κ2) is 14.3. The Bertz CT molecular complexity index is 1130. The minimum Gasteiger partial charge on any atom is -0.460 e. The summed E-state index contributed by atoms with van der Waals surface area (Å²) in [4.78, 5) is 37.6. The fourth-order valence-electron chi connectivity index (χ4n) is 3.31. The summed E-state index contributed by atoms with van der Waals surface area (Å²) in [7, 11) is 0. The molecule has 2 rings (SSSR count). The van der Waals surface area contributed by atoms with Crippen LogP contribution in [0.4, 0.5) is 9.59 Å². The Morgan fingerprint density at radius 1 is 0.780 bits per heavy atom. The smallest absolute Gasteiger partial charge is 0.408 e. The lowest BCUT2D eigenvalue weighted by Crippen LogP contribution is -2.38. The second-order valence-electron chi connectivity index (χ2n) is 12.5. The van der Waals surface area contributed by atoms with Gasteiger partial charge in [-0.2, -0.15) is 0 Å². The number of hydrogen-bond donors (Lipinski definition) is 2. The van der Waals surface area contributed by atoms with Crippen molar-refractivity contribution in [1.29, 1.82) is 0 Å². The lowest BCUT2D eigenvalue weighted by atomic mass is 10.1. The van der Waals surface area contributed by atoms with Crippen molar-refractivity contribution < 1.29 is 37.7 Å². The quantitative estimate of drug-likeness (QED) is 0.258. The molecule has 2 aromatic rings. The average Bonchev–Trinajstić information content (AvgIpc) is 3.31. The molecule has 0 unspecified atom stereocenters. The molecule has 0 fully saturated rings. The SMILES string of the molecule is CC(C)(C)OC[C@H](NC(=O)OC(C)(C)C)c1nnc([C@H](CCC(=O)OC(C)(C)C)NC(=O)OCc2ccccc2)o1. The van der Waals surface area contributed by atoms with Crippen LogP contribution in [0.5, 0.6) is 0 Å². The van der Waals surface area contributed by atoms with Crippen LogP contribution in [-0.4, -0.2) is 51.8 Å². The first-order valence-corrected chi connectivity index (χ1v) is 13.6. The zero-order valence-corrected chi connectivity index (χ0v) is 25.5. The number of hydrogen-bond acceptors (Lipinski definition) is 10. The number of aromatic nitrogens is 2. The molecule has 0 aliphatic rings. The normalized spacial score (nSPS) is 13.6. The van der Waals surface area contributed by atoms with Crippen LogP contribution in [0.25, 0.3) is 0 Å². The van der Waals surface area contributed by atoms with Crippen molar-refractivity contribution in [2.24, 2.45) is 0 Å². The van der Waals surface area contributed by atoms with Crippen molar-refractivity contribution in [3.05, 3.63) is 47.7 Å². The molecule has 0 radical (unpaired) electrons. The summed E-state index contributed by atoms with van der Waals surface area (Å²) >= 11 is 0. The number of nitrogens with one attached hydrogen (secondary N) is 2. The van der Waals surface area contributed by atoms with Crippen LogP contribution < -0.4 is 10.6 Å². The highest BCUT2D eigenvalue weighted by molar-refractivity contribution is 5.70. The molecule has 12 nitrogen and oxygen atoms in total. The topological polar surface area (TPSA) is 151 Å². The molecule has 2 amide bonds. The van der Waals surface area contributed by atoms with Crippen LogP contribution >= 0.6 is 0 Å². The summed E-state index contributed by atoms with van der Waals surface area (Å²) in [5.41, 5.74) is -1.10. The number of carbonyl (C=O) groups is 3. The number of ether oxygens (including phenoxy) is 4. The van der Waals surface area contributed by atoms with Crippen molar-refractivity contribution in [2.75, 3.05) is 6.61 Å². The molecule has 2 N–H and O–H groups in total. The van der Waals surface area contributed by atoms with Crippen molar-refractivity contribution in [2.45, 2.75) is 111 Å². The van der Waals surface area contributed by atoms with E-state index in [1.807, 2.05) is 51.1 Å². The van der Waals surface area contributed by atoms with E-state index in [4.69, 9.17) is 23.4 Å². The van der Waals surface area contributed by atoms with Crippen molar-refractivity contribution >= 4 is 18.2 Å². The number of nitrogens with zero attached hydrogens (tertiary/aromatic N) is 2. The summed E-state index contributed by atoms with van der Waals surface area (Å²) in [6, 6.07) is 7.47. The molecule has 1 heterocycles. The van der Waals surface area contributed by atoms with Crippen molar-refractivity contribution in [3.8, 4) is 0 Å². The van der Waals surface area contributed by atoms with E-state index < -0.39 is 47.0 Å². The molecule has 12 heteroatoms. The van der Waals surface area contributed by atoms with Gasteiger partial charge in [-0.1, -0.05) is 30.3 Å². The summed E-state index contributed by atoms with van der Waals surface area (Å²) in [6.45, 7) is 16.2. The summed E-state index contributed by atoms with van der Waals surface area (Å²) in [6.07, 6.45) is -1.36. The highest BCUT2D eigenvalue weighted by atomic mass is 16.6. The standard InChI is InChI=1S/C29H44N4O8/c1-27(2,3)38-18-21(31-26(36)41-29(7,8)9)24-33-32-23(39-24)20(15-16-22(34)40-28(4,5)6)30-25(35)37-17-19-13-11-10-12-14-19/h10-14,20-21H,15-18H2,1-9H3,(H,30,35)(H,31,36)/t20-,21-/m0/s1. The molecular weight excluding hydrogens is 532 g/mol. The second-order valence-corrected chi connectivity index (χ2v) is 12.5. The predicted octanol–water partition coefficient (Wildman–Crippen LogP) is 5.54. The number of esters is 1. The van der Waals surface area contributed by atoms with Gasteiger partial charge in [0.1, 0.15) is 29.9 Å². The maximum atomic E-state index is 12.7. The predicted molar refractivity (Wildman–Crippen MR) is 150 cm³/mol. The molecule has 2 atom stereocenters. The third-order valence-corrected chi connectivity index (χ3v) is 4.99. The monoisotopic (exact) mass is 576 g/mol. The molecule has 228 valence electrons. The number of benzene rings is 1. The molecule has 0 bridgehead atoms. The van der Waals surface area contributed by atoms with Gasteiger partial charge in [-0.15, -0.1) is 10.2 Å². The molecule has 0 aliphatic heterocycles. The van der Waals surface area contributed by atoms with E-state index >= 15 is 0 Å². The van der Waals surface area contributed by atoms with Gasteiger partial charge in [-0.05, 0) is 74.3 Å². The van der Waals surface area contributed by atoms with Gasteiger partial charge in [0.15, 0.2) is 0 Å². The van der Waals surface area contributed by atoms with E-state index in [0.29, 0.717) is 0 Å². The minimum absolute atomic E-state index is 0.0134. The summed E-state index contributed by atoms with van der Waals surface area (Å²) in [5.74, 6) is -0.395. The van der Waals surface area contributed by atoms with Crippen LogP contribution in [0.2, 0.25) is 0 Å². The number of amides is 2. The van der Waals surface area contributed by atoms with E-state index in [1.54, 1.807) is 41.5 Å². The largest absolute Gasteiger partial charge is 0.460 e. The molecule has 1 aromatic carbocycles. The minimum atomic E-state index is -0.877. The van der Waals surface area contributed by atoms with Crippen LogP contribution in [-0.2, 0) is 30.3 Å². The van der Waals surface area contributed by atoms with E-state index in [2.05, 4.69) is 20.8 Å². The van der Waals surface area contributed by atoms with Crippen molar-refractivity contribution in [1.82, 2.24) is 20.8 Å². The van der Waals surface area contributed by atoms with Gasteiger partial charge in [0, 0.05) is 6.42 Å². The van der Waals surface area contributed by atoms with Gasteiger partial charge in [-0.3, -0.25) is 4.79 Å². The maximum Gasteiger partial charge on any atom is 0.408 e. The fourth-order valence-corrected chi connectivity index (χ4v) is 3.31.